The Bertz CT molecular complexity index is 664. The number of nitrogens with zero attached hydrogens (tertiary/aromatic N) is 1. The van der Waals surface area contributed by atoms with Crippen molar-refractivity contribution in [1.82, 2.24) is 4.90 Å². The lowest BCUT2D eigenvalue weighted by Crippen LogP contribution is -2.28. The topological polar surface area (TPSA) is 32.3 Å². The van der Waals surface area contributed by atoms with E-state index >= 15 is 0 Å². The number of benzene rings is 2. The number of carbonyl (C=O) groups excluding carboxylic acids is 1. The van der Waals surface area contributed by atoms with Gasteiger partial charge in [0.05, 0.1) is 6.04 Å². The molecule has 1 heterocycles. The third-order valence-electron chi connectivity index (χ3n) is 4.35. The molecule has 0 saturated carbocycles. The van der Waals surface area contributed by atoms with E-state index in [1.54, 1.807) is 0 Å². The van der Waals surface area contributed by atoms with Gasteiger partial charge in [0, 0.05) is 18.8 Å². The van der Waals surface area contributed by atoms with Crippen LogP contribution in [0.5, 0.6) is 0 Å². The van der Waals surface area contributed by atoms with Crippen LogP contribution in [0.4, 0.5) is 5.69 Å². The van der Waals surface area contributed by atoms with Gasteiger partial charge >= 0.3 is 0 Å². The molecule has 1 saturated heterocycles. The van der Waals surface area contributed by atoms with E-state index in [1.165, 1.54) is 17.2 Å². The van der Waals surface area contributed by atoms with E-state index in [-0.39, 0.29) is 11.9 Å². The number of hydrogen-bond acceptors (Lipinski definition) is 2. The highest BCUT2D eigenvalue weighted by Crippen LogP contribution is 2.32. The van der Waals surface area contributed by atoms with Crippen molar-refractivity contribution in [2.75, 3.05) is 11.9 Å². The molecule has 0 spiro atoms. The number of amides is 1. The summed E-state index contributed by atoms with van der Waals surface area (Å²) in [7, 11) is 0. The van der Waals surface area contributed by atoms with Crippen molar-refractivity contribution in [2.45, 2.75) is 25.4 Å². The highest BCUT2D eigenvalue weighted by Gasteiger charge is 2.28. The van der Waals surface area contributed by atoms with Gasteiger partial charge in [-0.25, -0.2) is 0 Å². The van der Waals surface area contributed by atoms with Gasteiger partial charge in [-0.1, -0.05) is 49.0 Å². The van der Waals surface area contributed by atoms with Gasteiger partial charge in [0.15, 0.2) is 0 Å². The van der Waals surface area contributed by atoms with Crippen molar-refractivity contribution < 1.29 is 4.79 Å². The summed E-state index contributed by atoms with van der Waals surface area (Å²) < 4.78 is 0. The molecule has 1 unspecified atom stereocenters. The van der Waals surface area contributed by atoms with Gasteiger partial charge in [-0.05, 0) is 42.2 Å². The van der Waals surface area contributed by atoms with Crippen LogP contribution in [0.1, 0.15) is 30.0 Å². The SMILES string of the molecule is C=CC(=O)N1CCCC1c1ccc(NCc2ccccc2)cc1. The molecule has 0 aromatic heterocycles. The molecule has 3 rings (SSSR count). The van der Waals surface area contributed by atoms with Crippen LogP contribution in [0.2, 0.25) is 0 Å². The molecule has 118 valence electrons. The van der Waals surface area contributed by atoms with Crippen LogP contribution in [0, 0.1) is 0 Å². The highest BCUT2D eigenvalue weighted by atomic mass is 16.2. The summed E-state index contributed by atoms with van der Waals surface area (Å²) in [4.78, 5) is 13.8. The van der Waals surface area contributed by atoms with Crippen molar-refractivity contribution in [3.05, 3.63) is 78.4 Å². The lowest BCUT2D eigenvalue weighted by atomic mass is 10.0. The third kappa shape index (κ3) is 3.62. The van der Waals surface area contributed by atoms with Gasteiger partial charge in [0.2, 0.25) is 5.91 Å². The molecule has 2 aromatic rings. The van der Waals surface area contributed by atoms with E-state index in [9.17, 15) is 4.79 Å². The first-order valence-corrected chi connectivity index (χ1v) is 8.09. The van der Waals surface area contributed by atoms with Crippen LogP contribution in [0.3, 0.4) is 0 Å². The van der Waals surface area contributed by atoms with Gasteiger partial charge in [-0.15, -0.1) is 0 Å². The maximum atomic E-state index is 11.9. The second-order valence-electron chi connectivity index (χ2n) is 5.85. The fourth-order valence-electron chi connectivity index (χ4n) is 3.12. The largest absolute Gasteiger partial charge is 0.381 e. The van der Waals surface area contributed by atoms with Gasteiger partial charge in [0.1, 0.15) is 0 Å². The zero-order valence-electron chi connectivity index (χ0n) is 13.2. The first kappa shape index (κ1) is 15.3. The summed E-state index contributed by atoms with van der Waals surface area (Å²) in [6.45, 7) is 5.23. The molecule has 0 aliphatic carbocycles. The highest BCUT2D eigenvalue weighted by molar-refractivity contribution is 5.87. The Morgan fingerprint density at radius 2 is 1.91 bits per heavy atom. The summed E-state index contributed by atoms with van der Waals surface area (Å²) in [5.74, 6) is 0.0266. The Hall–Kier alpha value is -2.55. The van der Waals surface area contributed by atoms with Crippen molar-refractivity contribution in [1.29, 1.82) is 0 Å². The smallest absolute Gasteiger partial charge is 0.246 e. The molecule has 1 amide bonds. The molecule has 3 nitrogen and oxygen atoms in total. The molecular formula is C20H22N2O. The van der Waals surface area contributed by atoms with Crippen molar-refractivity contribution in [3.63, 3.8) is 0 Å². The van der Waals surface area contributed by atoms with Gasteiger partial charge in [0.25, 0.3) is 0 Å². The van der Waals surface area contributed by atoms with Crippen LogP contribution < -0.4 is 5.32 Å². The maximum Gasteiger partial charge on any atom is 0.246 e. The van der Waals surface area contributed by atoms with Gasteiger partial charge in [-0.3, -0.25) is 4.79 Å². The molecule has 2 aromatic carbocycles. The molecule has 3 heteroatoms. The van der Waals surface area contributed by atoms with E-state index < -0.39 is 0 Å². The third-order valence-corrected chi connectivity index (χ3v) is 4.35. The van der Waals surface area contributed by atoms with Gasteiger partial charge < -0.3 is 10.2 Å². The van der Waals surface area contributed by atoms with Crippen molar-refractivity contribution in [3.8, 4) is 0 Å². The number of nitrogens with one attached hydrogen (secondary N) is 1. The first-order chi connectivity index (χ1) is 11.3. The van der Waals surface area contributed by atoms with E-state index in [4.69, 9.17) is 0 Å². The molecule has 1 aliphatic rings. The van der Waals surface area contributed by atoms with Crippen LogP contribution in [-0.4, -0.2) is 17.4 Å². The van der Waals surface area contributed by atoms with E-state index in [1.807, 2.05) is 23.1 Å². The van der Waals surface area contributed by atoms with E-state index in [2.05, 4.69) is 48.3 Å². The first-order valence-electron chi connectivity index (χ1n) is 8.09. The lowest BCUT2D eigenvalue weighted by Gasteiger charge is -2.24. The number of likely N-dealkylation sites (tertiary alicyclic amines) is 1. The molecule has 23 heavy (non-hydrogen) atoms. The molecular weight excluding hydrogens is 284 g/mol. The lowest BCUT2D eigenvalue weighted by molar-refractivity contribution is -0.126. The second-order valence-corrected chi connectivity index (χ2v) is 5.85. The zero-order chi connectivity index (χ0) is 16.1. The molecule has 1 aliphatic heterocycles. The minimum atomic E-state index is 0.0266. The molecule has 1 N–H and O–H groups in total. The predicted molar refractivity (Wildman–Crippen MR) is 94.1 cm³/mol. The van der Waals surface area contributed by atoms with E-state index in [0.717, 1.165) is 31.6 Å². The van der Waals surface area contributed by atoms with Crippen molar-refractivity contribution in [2.24, 2.45) is 0 Å². The summed E-state index contributed by atoms with van der Waals surface area (Å²) >= 11 is 0. The quantitative estimate of drug-likeness (QED) is 0.842. The van der Waals surface area contributed by atoms with Gasteiger partial charge in [-0.2, -0.15) is 0 Å². The Balaban J connectivity index is 1.65. The molecule has 0 bridgehead atoms. The van der Waals surface area contributed by atoms with Crippen LogP contribution in [0.25, 0.3) is 0 Å². The molecule has 1 fully saturated rings. The number of carbonyl (C=O) groups is 1. The average Bonchev–Trinajstić information content (AvgIpc) is 3.10. The fraction of sp³-hybridized carbons (Fsp3) is 0.250. The second kappa shape index (κ2) is 7.14. The minimum absolute atomic E-state index is 0.0266. The molecule has 1 atom stereocenters. The number of hydrogen-bond donors (Lipinski definition) is 1. The van der Waals surface area contributed by atoms with E-state index in [0.29, 0.717) is 0 Å². The Morgan fingerprint density at radius 1 is 1.17 bits per heavy atom. The Morgan fingerprint density at radius 3 is 2.61 bits per heavy atom. The summed E-state index contributed by atoms with van der Waals surface area (Å²) in [6.07, 6.45) is 3.49. The number of anilines is 1. The monoisotopic (exact) mass is 306 g/mol. The summed E-state index contributed by atoms with van der Waals surface area (Å²) in [5, 5.41) is 3.43. The summed E-state index contributed by atoms with van der Waals surface area (Å²) in [5.41, 5.74) is 3.55. The number of rotatable bonds is 5. The summed E-state index contributed by atoms with van der Waals surface area (Å²) in [6, 6.07) is 18.9. The van der Waals surface area contributed by atoms with Crippen LogP contribution >= 0.6 is 0 Å². The standard InChI is InChI=1S/C20H22N2O/c1-2-20(23)22-14-6-9-19(22)17-10-12-18(13-11-17)21-15-16-7-4-3-5-8-16/h2-5,7-8,10-13,19,21H,1,6,9,14-15H2. The van der Waals surface area contributed by atoms with Crippen LogP contribution in [0.15, 0.2) is 67.3 Å². The maximum absolute atomic E-state index is 11.9. The predicted octanol–water partition coefficient (Wildman–Crippen LogP) is 4.15. The van der Waals surface area contributed by atoms with Crippen molar-refractivity contribution >= 4 is 11.6 Å². The normalized spacial score (nSPS) is 17.0. The van der Waals surface area contributed by atoms with Crippen LogP contribution in [-0.2, 0) is 11.3 Å². The minimum Gasteiger partial charge on any atom is -0.381 e. The molecule has 0 radical (unpaired) electrons. The Kier molecular flexibility index (Phi) is 4.77. The fourth-order valence-corrected chi connectivity index (χ4v) is 3.12. The average molecular weight is 306 g/mol. The zero-order valence-corrected chi connectivity index (χ0v) is 13.2. The Labute approximate surface area is 137 Å².